The van der Waals surface area contributed by atoms with E-state index < -0.39 is 0 Å². The average Bonchev–Trinajstić information content (AvgIpc) is 3.84. The van der Waals surface area contributed by atoms with Gasteiger partial charge in [-0.25, -0.2) is 0 Å². The lowest BCUT2D eigenvalue weighted by molar-refractivity contribution is 0.670. The quantitative estimate of drug-likeness (QED) is 0.170. The maximum absolute atomic E-state index is 6.41. The predicted octanol–water partition coefficient (Wildman–Crippen LogP) is 15.6. The highest BCUT2D eigenvalue weighted by Gasteiger charge is 2.17. The molecule has 0 unspecified atom stereocenters. The lowest BCUT2D eigenvalue weighted by Gasteiger charge is -2.26. The Morgan fingerprint density at radius 1 is 0.364 bits per heavy atom. The van der Waals surface area contributed by atoms with E-state index in [1.807, 2.05) is 23.5 Å². The summed E-state index contributed by atoms with van der Waals surface area (Å²) in [6.07, 6.45) is 0. The van der Waals surface area contributed by atoms with E-state index in [-0.39, 0.29) is 0 Å². The minimum absolute atomic E-state index is 0.909. The van der Waals surface area contributed by atoms with Gasteiger partial charge in [0.2, 0.25) is 0 Å². The van der Waals surface area contributed by atoms with E-state index in [1.165, 1.54) is 53.2 Å². The summed E-state index contributed by atoms with van der Waals surface area (Å²) in [6, 6.07) is 72.1. The van der Waals surface area contributed by atoms with Gasteiger partial charge in [-0.05, 0) is 87.8 Å². The SMILES string of the molecule is c1ccc(-c2cccc(N(c3ccc(-c4ccc5ccc6c7ccccc7sc6c5c4)cc3)c3ccc(-c4cccc5c4oc4ccccc45)cc3)c2)cc1. The minimum atomic E-state index is 0.909. The molecule has 11 aromatic rings. The van der Waals surface area contributed by atoms with Crippen LogP contribution in [0, 0.1) is 0 Å². The number of benzene rings is 9. The number of fused-ring (bicyclic) bond motifs is 8. The van der Waals surface area contributed by atoms with Crippen molar-refractivity contribution >= 4 is 81.3 Å². The molecule has 0 fully saturated rings. The van der Waals surface area contributed by atoms with Crippen LogP contribution in [0.5, 0.6) is 0 Å². The first-order valence-electron chi connectivity index (χ1n) is 18.7. The summed E-state index contributed by atoms with van der Waals surface area (Å²) in [5, 5.41) is 7.50. The molecule has 2 nitrogen and oxygen atoms in total. The number of thiophene rings is 1. The molecule has 258 valence electrons. The van der Waals surface area contributed by atoms with Crippen LogP contribution >= 0.6 is 11.3 Å². The number of rotatable bonds is 6. The van der Waals surface area contributed by atoms with Crippen molar-refractivity contribution in [2.45, 2.75) is 0 Å². The zero-order chi connectivity index (χ0) is 36.3. The van der Waals surface area contributed by atoms with Crippen molar-refractivity contribution in [1.82, 2.24) is 0 Å². The normalized spacial score (nSPS) is 11.6. The van der Waals surface area contributed by atoms with Gasteiger partial charge in [0.05, 0.1) is 0 Å². The average molecular weight is 720 g/mol. The topological polar surface area (TPSA) is 16.4 Å². The van der Waals surface area contributed by atoms with Gasteiger partial charge in [0.25, 0.3) is 0 Å². The summed E-state index contributed by atoms with van der Waals surface area (Å²) in [5.41, 5.74) is 12.1. The molecule has 0 aliphatic carbocycles. The minimum Gasteiger partial charge on any atom is -0.455 e. The molecule has 11 rings (SSSR count). The van der Waals surface area contributed by atoms with E-state index in [4.69, 9.17) is 4.42 Å². The number of para-hydroxylation sites is 2. The molecule has 0 saturated heterocycles. The molecule has 2 aromatic heterocycles. The van der Waals surface area contributed by atoms with E-state index in [1.54, 1.807) is 0 Å². The van der Waals surface area contributed by atoms with Gasteiger partial charge in [-0.3, -0.25) is 0 Å². The maximum Gasteiger partial charge on any atom is 0.143 e. The third kappa shape index (κ3) is 5.40. The highest BCUT2D eigenvalue weighted by molar-refractivity contribution is 7.26. The standard InChI is InChI=1S/C52H33NOS/c1-2-10-34(11-3-1)38-12-8-13-42(32-38)53(41-29-24-36(25-30-41)43-16-9-17-46-44-14-4-6-18-49(44)54-51(43)46)40-27-22-35(23-28-40)39-21-20-37-26-31-47-45-15-5-7-19-50(45)55-52(47)48(37)33-39/h1-33H. The van der Waals surface area contributed by atoms with Crippen molar-refractivity contribution < 1.29 is 4.42 Å². The van der Waals surface area contributed by atoms with Crippen LogP contribution in [-0.4, -0.2) is 0 Å². The number of furan rings is 1. The largest absolute Gasteiger partial charge is 0.455 e. The van der Waals surface area contributed by atoms with Crippen molar-refractivity contribution in [3.8, 4) is 33.4 Å². The first kappa shape index (κ1) is 31.6. The van der Waals surface area contributed by atoms with E-state index in [0.29, 0.717) is 0 Å². The molecule has 0 atom stereocenters. The number of hydrogen-bond donors (Lipinski definition) is 0. The summed E-state index contributed by atoms with van der Waals surface area (Å²) in [6.45, 7) is 0. The molecule has 0 spiro atoms. The van der Waals surface area contributed by atoms with Crippen molar-refractivity contribution in [3.63, 3.8) is 0 Å². The molecule has 0 amide bonds. The van der Waals surface area contributed by atoms with Crippen molar-refractivity contribution in [2.24, 2.45) is 0 Å². The van der Waals surface area contributed by atoms with Crippen LogP contribution < -0.4 is 4.90 Å². The van der Waals surface area contributed by atoms with Crippen LogP contribution in [-0.2, 0) is 0 Å². The van der Waals surface area contributed by atoms with E-state index in [0.717, 1.165) is 50.1 Å². The third-order valence-electron chi connectivity index (χ3n) is 10.9. The molecule has 2 heterocycles. The van der Waals surface area contributed by atoms with Crippen molar-refractivity contribution in [3.05, 3.63) is 200 Å². The molecule has 0 saturated carbocycles. The molecule has 3 heteroatoms. The second-order valence-corrected chi connectivity index (χ2v) is 15.2. The van der Waals surface area contributed by atoms with Gasteiger partial charge >= 0.3 is 0 Å². The Kier molecular flexibility index (Phi) is 7.39. The smallest absolute Gasteiger partial charge is 0.143 e. The first-order chi connectivity index (χ1) is 27.2. The highest BCUT2D eigenvalue weighted by atomic mass is 32.1. The van der Waals surface area contributed by atoms with Crippen LogP contribution in [0.3, 0.4) is 0 Å². The van der Waals surface area contributed by atoms with Crippen LogP contribution in [0.15, 0.2) is 205 Å². The number of nitrogens with zero attached hydrogens (tertiary/aromatic N) is 1. The summed E-state index contributed by atoms with van der Waals surface area (Å²) < 4.78 is 9.08. The van der Waals surface area contributed by atoms with Gasteiger partial charge < -0.3 is 9.32 Å². The third-order valence-corrected chi connectivity index (χ3v) is 12.1. The van der Waals surface area contributed by atoms with Gasteiger partial charge in [0, 0.05) is 59.0 Å². The van der Waals surface area contributed by atoms with Crippen molar-refractivity contribution in [1.29, 1.82) is 0 Å². The Bertz CT molecular complexity index is 3190. The fourth-order valence-electron chi connectivity index (χ4n) is 8.15. The molecule has 55 heavy (non-hydrogen) atoms. The second-order valence-electron chi connectivity index (χ2n) is 14.1. The zero-order valence-electron chi connectivity index (χ0n) is 29.8. The second kappa shape index (κ2) is 12.9. The number of anilines is 3. The van der Waals surface area contributed by atoms with Gasteiger partial charge in [-0.2, -0.15) is 0 Å². The van der Waals surface area contributed by atoms with Gasteiger partial charge in [0.15, 0.2) is 0 Å². The highest BCUT2D eigenvalue weighted by Crippen LogP contribution is 2.42. The van der Waals surface area contributed by atoms with Crippen molar-refractivity contribution in [2.75, 3.05) is 4.90 Å². The Labute approximate surface area is 322 Å². The van der Waals surface area contributed by atoms with Crippen LogP contribution in [0.4, 0.5) is 17.1 Å². The molecule has 0 aliphatic rings. The van der Waals surface area contributed by atoms with Gasteiger partial charge in [-0.15, -0.1) is 11.3 Å². The Balaban J connectivity index is 1.00. The fourth-order valence-corrected chi connectivity index (χ4v) is 9.38. The molecule has 0 N–H and O–H groups in total. The van der Waals surface area contributed by atoms with Gasteiger partial charge in [0.1, 0.15) is 11.2 Å². The van der Waals surface area contributed by atoms with E-state index in [2.05, 4.69) is 193 Å². The summed E-state index contributed by atoms with van der Waals surface area (Å²) in [5.74, 6) is 0. The monoisotopic (exact) mass is 719 g/mol. The summed E-state index contributed by atoms with van der Waals surface area (Å²) >= 11 is 1.88. The number of hydrogen-bond acceptors (Lipinski definition) is 3. The predicted molar refractivity (Wildman–Crippen MR) is 235 cm³/mol. The van der Waals surface area contributed by atoms with E-state index >= 15 is 0 Å². The summed E-state index contributed by atoms with van der Waals surface area (Å²) in [4.78, 5) is 2.35. The van der Waals surface area contributed by atoms with Crippen LogP contribution in [0.1, 0.15) is 0 Å². The summed E-state index contributed by atoms with van der Waals surface area (Å²) in [7, 11) is 0. The Morgan fingerprint density at radius 2 is 0.982 bits per heavy atom. The molecule has 0 radical (unpaired) electrons. The zero-order valence-corrected chi connectivity index (χ0v) is 30.6. The molecular weight excluding hydrogens is 687 g/mol. The maximum atomic E-state index is 6.41. The lowest BCUT2D eigenvalue weighted by atomic mass is 9.99. The molecule has 9 aromatic carbocycles. The van der Waals surface area contributed by atoms with Crippen LogP contribution in [0.2, 0.25) is 0 Å². The van der Waals surface area contributed by atoms with Crippen LogP contribution in [0.25, 0.3) is 86.3 Å². The molecule has 0 bridgehead atoms. The molecular formula is C52H33NOS. The van der Waals surface area contributed by atoms with Gasteiger partial charge in [-0.1, -0.05) is 146 Å². The lowest BCUT2D eigenvalue weighted by Crippen LogP contribution is -2.10. The first-order valence-corrected chi connectivity index (χ1v) is 19.5. The van der Waals surface area contributed by atoms with E-state index in [9.17, 15) is 0 Å². The Hall–Kier alpha value is -6.94. The fraction of sp³-hybridized carbons (Fsp3) is 0. The molecule has 0 aliphatic heterocycles. The Morgan fingerprint density at radius 3 is 1.82 bits per heavy atom.